The maximum Gasteiger partial charge on any atom is 0.340 e. The van der Waals surface area contributed by atoms with E-state index in [1.807, 2.05) is 13.8 Å². The first-order valence-electron chi connectivity index (χ1n) is 6.02. The van der Waals surface area contributed by atoms with Gasteiger partial charge in [-0.2, -0.15) is 0 Å². The molecule has 2 aromatic rings. The molecule has 102 valence electrons. The predicted octanol–water partition coefficient (Wildman–Crippen LogP) is 2.57. The molecule has 19 heavy (non-hydrogen) atoms. The van der Waals surface area contributed by atoms with Gasteiger partial charge in [0.25, 0.3) is 0 Å². The molecule has 5 heteroatoms. The zero-order chi connectivity index (χ0) is 14.2. The molecule has 1 aromatic carbocycles. The molecule has 2 rings (SSSR count). The van der Waals surface area contributed by atoms with Gasteiger partial charge >= 0.3 is 5.97 Å². The Morgan fingerprint density at radius 2 is 2.05 bits per heavy atom. The average molecular weight is 265 g/mol. The number of rotatable bonds is 3. The standard InChI is InChI=1S/C14H16FNO3/c1-8(2)16-11-7-10(15)5-4-9(11)6-12(16)13(17)14(18)19-3/h4-8,13,17H,1-3H3. The molecule has 0 amide bonds. The Labute approximate surface area is 110 Å². The van der Waals surface area contributed by atoms with Crippen LogP contribution in [-0.2, 0) is 9.53 Å². The molecule has 1 aromatic heterocycles. The number of ether oxygens (including phenoxy) is 1. The molecule has 4 nitrogen and oxygen atoms in total. The molecule has 0 fully saturated rings. The van der Waals surface area contributed by atoms with Gasteiger partial charge in [0.05, 0.1) is 18.3 Å². The molecule has 1 atom stereocenters. The van der Waals surface area contributed by atoms with Crippen molar-refractivity contribution in [3.8, 4) is 0 Å². The molecule has 0 aliphatic carbocycles. The fraction of sp³-hybridized carbons (Fsp3) is 0.357. The quantitative estimate of drug-likeness (QED) is 0.868. The Bertz CT molecular complexity index is 618. The molecule has 0 aliphatic heterocycles. The second-order valence-electron chi connectivity index (χ2n) is 4.66. The average Bonchev–Trinajstić information content (AvgIpc) is 2.75. The van der Waals surface area contributed by atoms with E-state index in [4.69, 9.17) is 0 Å². The van der Waals surface area contributed by atoms with Crippen molar-refractivity contribution in [3.05, 3.63) is 35.8 Å². The summed E-state index contributed by atoms with van der Waals surface area (Å²) in [4.78, 5) is 11.5. The second kappa shape index (κ2) is 5.01. The Kier molecular flexibility index (Phi) is 3.57. The number of methoxy groups -OCH3 is 1. The van der Waals surface area contributed by atoms with Crippen molar-refractivity contribution in [2.75, 3.05) is 7.11 Å². The molecule has 0 aliphatic rings. The Morgan fingerprint density at radius 1 is 1.37 bits per heavy atom. The van der Waals surface area contributed by atoms with Gasteiger partial charge in [-0.1, -0.05) is 0 Å². The molecule has 1 unspecified atom stereocenters. The summed E-state index contributed by atoms with van der Waals surface area (Å²) in [5, 5.41) is 10.8. The SMILES string of the molecule is COC(=O)C(O)c1cc2ccc(F)cc2n1C(C)C. The Hall–Kier alpha value is -1.88. The van der Waals surface area contributed by atoms with Gasteiger partial charge in [0, 0.05) is 11.4 Å². The number of benzene rings is 1. The number of carbonyl (C=O) groups is 1. The first-order chi connectivity index (χ1) is 8.95. The Morgan fingerprint density at radius 3 is 2.63 bits per heavy atom. The number of carbonyl (C=O) groups excluding carboxylic acids is 1. The van der Waals surface area contributed by atoms with Gasteiger partial charge < -0.3 is 14.4 Å². The van der Waals surface area contributed by atoms with Crippen molar-refractivity contribution >= 4 is 16.9 Å². The lowest BCUT2D eigenvalue weighted by atomic mass is 10.2. The third kappa shape index (κ3) is 2.33. The maximum atomic E-state index is 13.3. The first kappa shape index (κ1) is 13.5. The van der Waals surface area contributed by atoms with Crippen molar-refractivity contribution in [2.45, 2.75) is 26.0 Å². The molecule has 0 bridgehead atoms. The van der Waals surface area contributed by atoms with Crippen molar-refractivity contribution in [1.29, 1.82) is 0 Å². The normalized spacial score (nSPS) is 12.9. The fourth-order valence-electron chi connectivity index (χ4n) is 2.23. The van der Waals surface area contributed by atoms with Crippen LogP contribution >= 0.6 is 0 Å². The number of halogens is 1. The number of hydrogen-bond acceptors (Lipinski definition) is 3. The number of aliphatic hydroxyl groups excluding tert-OH is 1. The molecule has 0 radical (unpaired) electrons. The topological polar surface area (TPSA) is 51.5 Å². The molecule has 0 saturated heterocycles. The first-order valence-corrected chi connectivity index (χ1v) is 6.02. The van der Waals surface area contributed by atoms with Crippen LogP contribution in [0.25, 0.3) is 10.9 Å². The Balaban J connectivity index is 2.66. The van der Waals surface area contributed by atoms with E-state index in [1.165, 1.54) is 19.2 Å². The number of hydrogen-bond donors (Lipinski definition) is 1. The van der Waals surface area contributed by atoms with Gasteiger partial charge in [-0.15, -0.1) is 0 Å². The van der Waals surface area contributed by atoms with Crippen LogP contribution in [-0.4, -0.2) is 22.8 Å². The van der Waals surface area contributed by atoms with Crippen LogP contribution in [0.15, 0.2) is 24.3 Å². The van der Waals surface area contributed by atoms with Gasteiger partial charge in [0.15, 0.2) is 6.10 Å². The van der Waals surface area contributed by atoms with E-state index in [0.717, 1.165) is 5.39 Å². The summed E-state index contributed by atoms with van der Waals surface area (Å²) >= 11 is 0. The van der Waals surface area contributed by atoms with E-state index in [0.29, 0.717) is 11.2 Å². The number of nitrogens with zero attached hydrogens (tertiary/aromatic N) is 1. The minimum atomic E-state index is -1.37. The van der Waals surface area contributed by atoms with E-state index in [9.17, 15) is 14.3 Å². The summed E-state index contributed by atoms with van der Waals surface area (Å²) in [6.07, 6.45) is -1.37. The van der Waals surface area contributed by atoms with Crippen LogP contribution in [0.4, 0.5) is 4.39 Å². The zero-order valence-corrected chi connectivity index (χ0v) is 11.1. The summed E-state index contributed by atoms with van der Waals surface area (Å²) in [6.45, 7) is 3.80. The summed E-state index contributed by atoms with van der Waals surface area (Å²) in [7, 11) is 1.22. The molecule has 1 heterocycles. The van der Waals surface area contributed by atoms with Crippen LogP contribution in [0.5, 0.6) is 0 Å². The van der Waals surface area contributed by atoms with Gasteiger partial charge in [-0.05, 0) is 38.1 Å². The van der Waals surface area contributed by atoms with Gasteiger partial charge in [-0.3, -0.25) is 0 Å². The summed E-state index contributed by atoms with van der Waals surface area (Å²) < 4.78 is 19.6. The smallest absolute Gasteiger partial charge is 0.340 e. The highest BCUT2D eigenvalue weighted by molar-refractivity contribution is 5.84. The largest absolute Gasteiger partial charge is 0.467 e. The lowest BCUT2D eigenvalue weighted by Crippen LogP contribution is -2.18. The van der Waals surface area contributed by atoms with Crippen LogP contribution in [0.1, 0.15) is 31.7 Å². The third-order valence-corrected chi connectivity index (χ3v) is 3.05. The van der Waals surface area contributed by atoms with Crippen LogP contribution in [0.3, 0.4) is 0 Å². The maximum absolute atomic E-state index is 13.3. The van der Waals surface area contributed by atoms with Crippen molar-refractivity contribution in [3.63, 3.8) is 0 Å². The van der Waals surface area contributed by atoms with E-state index in [1.54, 1.807) is 16.7 Å². The molecule has 1 N–H and O–H groups in total. The molecular formula is C14H16FNO3. The van der Waals surface area contributed by atoms with Crippen LogP contribution in [0, 0.1) is 5.82 Å². The zero-order valence-electron chi connectivity index (χ0n) is 11.1. The second-order valence-corrected chi connectivity index (χ2v) is 4.66. The highest BCUT2D eigenvalue weighted by Crippen LogP contribution is 2.29. The molecule has 0 spiro atoms. The fourth-order valence-corrected chi connectivity index (χ4v) is 2.23. The minimum absolute atomic E-state index is 0.0198. The van der Waals surface area contributed by atoms with Crippen LogP contribution in [0.2, 0.25) is 0 Å². The monoisotopic (exact) mass is 265 g/mol. The summed E-state index contributed by atoms with van der Waals surface area (Å²) in [5.74, 6) is -1.09. The van der Waals surface area contributed by atoms with Gasteiger partial charge in [-0.25, -0.2) is 9.18 Å². The number of fused-ring (bicyclic) bond motifs is 1. The van der Waals surface area contributed by atoms with E-state index < -0.39 is 12.1 Å². The summed E-state index contributed by atoms with van der Waals surface area (Å²) in [6, 6.07) is 6.02. The highest BCUT2D eigenvalue weighted by Gasteiger charge is 2.24. The highest BCUT2D eigenvalue weighted by atomic mass is 19.1. The summed E-state index contributed by atoms with van der Waals surface area (Å²) in [5.41, 5.74) is 1.05. The van der Waals surface area contributed by atoms with E-state index in [2.05, 4.69) is 4.74 Å². The molecule has 0 saturated carbocycles. The van der Waals surface area contributed by atoms with E-state index in [-0.39, 0.29) is 11.9 Å². The minimum Gasteiger partial charge on any atom is -0.467 e. The van der Waals surface area contributed by atoms with Gasteiger partial charge in [0.1, 0.15) is 5.82 Å². The number of aliphatic hydroxyl groups is 1. The lowest BCUT2D eigenvalue weighted by molar-refractivity contribution is -0.151. The lowest BCUT2D eigenvalue weighted by Gasteiger charge is -2.17. The predicted molar refractivity (Wildman–Crippen MR) is 69.3 cm³/mol. The van der Waals surface area contributed by atoms with Crippen molar-refractivity contribution < 1.29 is 19.0 Å². The van der Waals surface area contributed by atoms with Gasteiger partial charge in [0.2, 0.25) is 0 Å². The van der Waals surface area contributed by atoms with Crippen LogP contribution < -0.4 is 0 Å². The number of esters is 1. The van der Waals surface area contributed by atoms with Crippen molar-refractivity contribution in [2.24, 2.45) is 0 Å². The molecular weight excluding hydrogens is 249 g/mol. The number of aromatic nitrogens is 1. The third-order valence-electron chi connectivity index (χ3n) is 3.05. The van der Waals surface area contributed by atoms with E-state index >= 15 is 0 Å². The van der Waals surface area contributed by atoms with Crippen molar-refractivity contribution in [1.82, 2.24) is 4.57 Å².